The second kappa shape index (κ2) is 7.14. The SMILES string of the molecule is Cc1ccccc1C(=O)NNc1ncnc(N2CCOCC2)c1N. The van der Waals surface area contributed by atoms with Crippen LogP contribution in [0.1, 0.15) is 15.9 Å². The van der Waals surface area contributed by atoms with Crippen LogP contribution in [0.5, 0.6) is 0 Å². The van der Waals surface area contributed by atoms with Gasteiger partial charge in [0, 0.05) is 18.7 Å². The number of aromatic nitrogens is 2. The minimum atomic E-state index is -0.251. The van der Waals surface area contributed by atoms with E-state index in [-0.39, 0.29) is 5.91 Å². The molecule has 1 amide bonds. The van der Waals surface area contributed by atoms with Gasteiger partial charge in [0.2, 0.25) is 0 Å². The Morgan fingerprint density at radius 2 is 2.00 bits per heavy atom. The van der Waals surface area contributed by atoms with Crippen LogP contribution in [0.4, 0.5) is 17.3 Å². The number of hydrogen-bond acceptors (Lipinski definition) is 7. The fraction of sp³-hybridized carbons (Fsp3) is 0.312. The number of anilines is 3. The lowest BCUT2D eigenvalue weighted by atomic mass is 10.1. The molecule has 126 valence electrons. The van der Waals surface area contributed by atoms with Crippen molar-refractivity contribution in [2.45, 2.75) is 6.92 Å². The van der Waals surface area contributed by atoms with Gasteiger partial charge in [-0.15, -0.1) is 0 Å². The van der Waals surface area contributed by atoms with Crippen LogP contribution in [0.15, 0.2) is 30.6 Å². The number of hydrogen-bond donors (Lipinski definition) is 3. The first-order chi connectivity index (χ1) is 11.7. The van der Waals surface area contributed by atoms with E-state index >= 15 is 0 Å². The molecule has 8 nitrogen and oxygen atoms in total. The van der Waals surface area contributed by atoms with E-state index in [1.165, 1.54) is 6.33 Å². The third-order valence-electron chi connectivity index (χ3n) is 3.86. The zero-order chi connectivity index (χ0) is 16.9. The normalized spacial score (nSPS) is 14.3. The van der Waals surface area contributed by atoms with Crippen LogP contribution in [-0.2, 0) is 4.74 Å². The van der Waals surface area contributed by atoms with Gasteiger partial charge in [0.25, 0.3) is 5.91 Å². The van der Waals surface area contributed by atoms with Crippen LogP contribution >= 0.6 is 0 Å². The summed E-state index contributed by atoms with van der Waals surface area (Å²) >= 11 is 0. The predicted molar refractivity (Wildman–Crippen MR) is 91.7 cm³/mol. The van der Waals surface area contributed by atoms with Gasteiger partial charge in [-0.2, -0.15) is 0 Å². The number of benzene rings is 1. The number of aryl methyl sites for hydroxylation is 1. The van der Waals surface area contributed by atoms with Gasteiger partial charge in [-0.05, 0) is 18.6 Å². The van der Waals surface area contributed by atoms with Crippen LogP contribution in [0.25, 0.3) is 0 Å². The Morgan fingerprint density at radius 3 is 2.75 bits per heavy atom. The quantitative estimate of drug-likeness (QED) is 0.718. The predicted octanol–water partition coefficient (Wildman–Crippen LogP) is 0.961. The summed E-state index contributed by atoms with van der Waals surface area (Å²) in [6.45, 7) is 4.59. The summed E-state index contributed by atoms with van der Waals surface area (Å²) in [7, 11) is 0. The molecule has 1 saturated heterocycles. The monoisotopic (exact) mass is 328 g/mol. The summed E-state index contributed by atoms with van der Waals surface area (Å²) in [5.41, 5.74) is 13.4. The number of rotatable bonds is 4. The smallest absolute Gasteiger partial charge is 0.269 e. The van der Waals surface area contributed by atoms with Gasteiger partial charge >= 0.3 is 0 Å². The van der Waals surface area contributed by atoms with E-state index in [9.17, 15) is 4.79 Å². The molecule has 0 radical (unpaired) electrons. The largest absolute Gasteiger partial charge is 0.393 e. The topological polar surface area (TPSA) is 105 Å². The van der Waals surface area contributed by atoms with Crippen molar-refractivity contribution in [1.82, 2.24) is 15.4 Å². The Labute approximate surface area is 140 Å². The second-order valence-electron chi connectivity index (χ2n) is 5.45. The highest BCUT2D eigenvalue weighted by atomic mass is 16.5. The van der Waals surface area contributed by atoms with Crippen molar-refractivity contribution in [3.05, 3.63) is 41.7 Å². The summed E-state index contributed by atoms with van der Waals surface area (Å²) < 4.78 is 5.33. The van der Waals surface area contributed by atoms with Crippen molar-refractivity contribution >= 4 is 23.2 Å². The highest BCUT2D eigenvalue weighted by molar-refractivity contribution is 5.96. The van der Waals surface area contributed by atoms with Crippen molar-refractivity contribution in [3.8, 4) is 0 Å². The molecule has 0 saturated carbocycles. The molecule has 2 heterocycles. The van der Waals surface area contributed by atoms with Crippen LogP contribution in [0, 0.1) is 6.92 Å². The number of hydrazine groups is 1. The number of amides is 1. The first-order valence-electron chi connectivity index (χ1n) is 7.72. The molecule has 2 aromatic rings. The second-order valence-corrected chi connectivity index (χ2v) is 5.45. The van der Waals surface area contributed by atoms with E-state index < -0.39 is 0 Å². The minimum Gasteiger partial charge on any atom is -0.393 e. The van der Waals surface area contributed by atoms with E-state index in [2.05, 4.69) is 20.8 Å². The molecule has 0 unspecified atom stereocenters. The van der Waals surface area contributed by atoms with Gasteiger partial charge in [0.05, 0.1) is 13.2 Å². The number of ether oxygens (including phenoxy) is 1. The molecular weight excluding hydrogens is 308 g/mol. The third-order valence-corrected chi connectivity index (χ3v) is 3.86. The van der Waals surface area contributed by atoms with Gasteiger partial charge in [-0.1, -0.05) is 18.2 Å². The van der Waals surface area contributed by atoms with E-state index in [1.807, 2.05) is 30.0 Å². The Bertz CT molecular complexity index is 730. The Kier molecular flexibility index (Phi) is 4.76. The Balaban J connectivity index is 1.71. The lowest BCUT2D eigenvalue weighted by molar-refractivity contribution is 0.0962. The van der Waals surface area contributed by atoms with Crippen LogP contribution in [0.2, 0.25) is 0 Å². The molecule has 8 heteroatoms. The average molecular weight is 328 g/mol. The molecule has 1 aliphatic rings. The fourth-order valence-corrected chi connectivity index (χ4v) is 2.52. The molecule has 1 aromatic heterocycles. The molecule has 0 atom stereocenters. The number of nitrogens with one attached hydrogen (secondary N) is 2. The van der Waals surface area contributed by atoms with E-state index in [1.54, 1.807) is 6.07 Å². The van der Waals surface area contributed by atoms with Crippen molar-refractivity contribution < 1.29 is 9.53 Å². The molecule has 0 bridgehead atoms. The molecular formula is C16H20N6O2. The molecule has 1 aromatic carbocycles. The maximum atomic E-state index is 12.3. The maximum absolute atomic E-state index is 12.3. The molecule has 0 spiro atoms. The fourth-order valence-electron chi connectivity index (χ4n) is 2.52. The highest BCUT2D eigenvalue weighted by Crippen LogP contribution is 2.26. The third kappa shape index (κ3) is 3.38. The molecule has 4 N–H and O–H groups in total. The van der Waals surface area contributed by atoms with Crippen molar-refractivity contribution in [2.75, 3.05) is 42.4 Å². The van der Waals surface area contributed by atoms with Crippen molar-refractivity contribution in [3.63, 3.8) is 0 Å². The van der Waals surface area contributed by atoms with Crippen LogP contribution in [-0.4, -0.2) is 42.2 Å². The number of morpholine rings is 1. The van der Waals surface area contributed by atoms with E-state index in [0.717, 1.165) is 18.7 Å². The number of carbonyl (C=O) groups is 1. The lowest BCUT2D eigenvalue weighted by Crippen LogP contribution is -2.37. The molecule has 1 fully saturated rings. The summed E-state index contributed by atoms with van der Waals surface area (Å²) in [6.07, 6.45) is 1.42. The minimum absolute atomic E-state index is 0.251. The number of carbonyl (C=O) groups excluding carboxylic acids is 1. The van der Waals surface area contributed by atoms with Crippen molar-refractivity contribution in [2.24, 2.45) is 0 Å². The van der Waals surface area contributed by atoms with Gasteiger partial charge in [0.15, 0.2) is 11.6 Å². The number of nitrogens with two attached hydrogens (primary N) is 1. The standard InChI is InChI=1S/C16H20N6O2/c1-11-4-2-3-5-12(11)16(23)21-20-14-13(17)15(19-10-18-14)22-6-8-24-9-7-22/h2-5,10H,6-9,17H2,1H3,(H,21,23)(H,18,19,20). The summed E-state index contributed by atoms with van der Waals surface area (Å²) in [6, 6.07) is 7.34. The molecule has 24 heavy (non-hydrogen) atoms. The van der Waals surface area contributed by atoms with E-state index in [0.29, 0.717) is 36.1 Å². The number of nitrogen functional groups attached to an aromatic ring is 1. The summed E-state index contributed by atoms with van der Waals surface area (Å²) in [5.74, 6) is 0.758. The van der Waals surface area contributed by atoms with Gasteiger partial charge < -0.3 is 15.4 Å². The van der Waals surface area contributed by atoms with E-state index in [4.69, 9.17) is 10.5 Å². The van der Waals surface area contributed by atoms with Crippen LogP contribution < -0.4 is 21.5 Å². The Morgan fingerprint density at radius 1 is 1.25 bits per heavy atom. The number of nitrogens with zero attached hydrogens (tertiary/aromatic N) is 3. The first-order valence-corrected chi connectivity index (χ1v) is 7.72. The summed E-state index contributed by atoms with van der Waals surface area (Å²) in [4.78, 5) is 22.6. The highest BCUT2D eigenvalue weighted by Gasteiger charge is 2.18. The van der Waals surface area contributed by atoms with Gasteiger partial charge in [0.1, 0.15) is 12.0 Å². The summed E-state index contributed by atoms with van der Waals surface area (Å²) in [5, 5.41) is 0. The van der Waals surface area contributed by atoms with Crippen LogP contribution in [0.3, 0.4) is 0 Å². The first kappa shape index (κ1) is 16.0. The zero-order valence-electron chi connectivity index (χ0n) is 13.5. The van der Waals surface area contributed by atoms with Gasteiger partial charge in [-0.25, -0.2) is 9.97 Å². The molecule has 1 aliphatic heterocycles. The molecule has 0 aliphatic carbocycles. The molecule has 3 rings (SSSR count). The van der Waals surface area contributed by atoms with Crippen molar-refractivity contribution in [1.29, 1.82) is 0 Å². The average Bonchev–Trinajstić information content (AvgIpc) is 2.62. The zero-order valence-corrected chi connectivity index (χ0v) is 13.5. The lowest BCUT2D eigenvalue weighted by Gasteiger charge is -2.28. The van der Waals surface area contributed by atoms with Gasteiger partial charge in [-0.3, -0.25) is 15.6 Å². The maximum Gasteiger partial charge on any atom is 0.269 e. The Hall–Kier alpha value is -2.87.